The predicted octanol–water partition coefficient (Wildman–Crippen LogP) is 5.40. The summed E-state index contributed by atoms with van der Waals surface area (Å²) in [5.41, 5.74) is 4.73. The molecular weight excluding hydrogens is 320 g/mol. The van der Waals surface area contributed by atoms with E-state index >= 15 is 0 Å². The lowest BCUT2D eigenvalue weighted by molar-refractivity contribution is 0.302. The zero-order valence-electron chi connectivity index (χ0n) is 14.2. The van der Waals surface area contributed by atoms with Crippen LogP contribution in [0.2, 0.25) is 0 Å². The van der Waals surface area contributed by atoms with Crippen LogP contribution < -0.4 is 0 Å². The van der Waals surface area contributed by atoms with E-state index in [4.69, 9.17) is 4.42 Å². The van der Waals surface area contributed by atoms with Crippen LogP contribution in [0.4, 0.5) is 0 Å². The van der Waals surface area contributed by atoms with Gasteiger partial charge in [0, 0.05) is 12.7 Å². The summed E-state index contributed by atoms with van der Waals surface area (Å²) >= 11 is 0. The summed E-state index contributed by atoms with van der Waals surface area (Å²) in [7, 11) is 0. The highest BCUT2D eigenvalue weighted by atomic mass is 16.3. The van der Waals surface area contributed by atoms with Gasteiger partial charge < -0.3 is 9.32 Å². The van der Waals surface area contributed by atoms with Gasteiger partial charge in [-0.2, -0.15) is 0 Å². The van der Waals surface area contributed by atoms with Crippen molar-refractivity contribution in [3.05, 3.63) is 108 Å². The predicted molar refractivity (Wildman–Crippen MR) is 103 cm³/mol. The number of oxazole rings is 1. The van der Waals surface area contributed by atoms with Crippen molar-refractivity contribution in [1.29, 1.82) is 0 Å². The van der Waals surface area contributed by atoms with Crippen LogP contribution in [0.3, 0.4) is 0 Å². The maximum atomic E-state index is 5.30. The smallest absolute Gasteiger partial charge is 0.180 e. The third-order valence-electron chi connectivity index (χ3n) is 5.01. The van der Waals surface area contributed by atoms with Gasteiger partial charge in [-0.05, 0) is 39.6 Å². The fourth-order valence-electron chi connectivity index (χ4n) is 3.71. The summed E-state index contributed by atoms with van der Waals surface area (Å²) in [6, 6.07) is 23.6. The highest BCUT2D eigenvalue weighted by Gasteiger charge is 2.25. The molecule has 26 heavy (non-hydrogen) atoms. The lowest BCUT2D eigenvalue weighted by atomic mass is 9.96. The van der Waals surface area contributed by atoms with E-state index in [1.807, 2.05) is 0 Å². The minimum Gasteiger partial charge on any atom is -0.451 e. The van der Waals surface area contributed by atoms with Crippen LogP contribution in [0.5, 0.6) is 0 Å². The average Bonchev–Trinajstić information content (AvgIpc) is 3.22. The van der Waals surface area contributed by atoms with Crippen LogP contribution in [0.25, 0.3) is 16.8 Å². The summed E-state index contributed by atoms with van der Waals surface area (Å²) in [6.45, 7) is 0.844. The van der Waals surface area contributed by atoms with E-state index < -0.39 is 0 Å². The summed E-state index contributed by atoms with van der Waals surface area (Å²) in [6.07, 6.45) is 7.59. The molecule has 2 heterocycles. The monoisotopic (exact) mass is 338 g/mol. The summed E-state index contributed by atoms with van der Waals surface area (Å²) < 4.78 is 5.30. The molecule has 0 fully saturated rings. The second-order valence-corrected chi connectivity index (χ2v) is 6.61. The molecule has 0 bridgehead atoms. The van der Waals surface area contributed by atoms with E-state index in [-0.39, 0.29) is 6.04 Å². The number of benzene rings is 3. The van der Waals surface area contributed by atoms with Crippen molar-refractivity contribution >= 4 is 16.8 Å². The van der Waals surface area contributed by atoms with E-state index in [0.29, 0.717) is 0 Å². The first-order valence-electron chi connectivity index (χ1n) is 8.77. The van der Waals surface area contributed by atoms with Gasteiger partial charge in [0.25, 0.3) is 0 Å². The van der Waals surface area contributed by atoms with Crippen LogP contribution in [-0.2, 0) is 6.54 Å². The Morgan fingerprint density at radius 3 is 2.65 bits per heavy atom. The third-order valence-corrected chi connectivity index (χ3v) is 5.01. The molecule has 1 aliphatic rings. The van der Waals surface area contributed by atoms with Gasteiger partial charge in [0.15, 0.2) is 6.39 Å². The second-order valence-electron chi connectivity index (χ2n) is 6.61. The summed E-state index contributed by atoms with van der Waals surface area (Å²) in [4.78, 5) is 6.79. The minimum absolute atomic E-state index is 0.0166. The molecule has 0 aliphatic carbocycles. The zero-order valence-corrected chi connectivity index (χ0v) is 14.2. The van der Waals surface area contributed by atoms with Gasteiger partial charge in [-0.25, -0.2) is 4.98 Å². The molecule has 1 atom stereocenters. The topological polar surface area (TPSA) is 29.3 Å². The molecule has 0 N–H and O–H groups in total. The van der Waals surface area contributed by atoms with E-state index in [1.165, 1.54) is 33.9 Å². The Kier molecular flexibility index (Phi) is 3.56. The number of fused-ring (bicyclic) bond motifs is 2. The number of nitrogens with zero attached hydrogens (tertiary/aromatic N) is 2. The first-order valence-corrected chi connectivity index (χ1v) is 8.77. The molecule has 1 aromatic heterocycles. The molecule has 3 heteroatoms. The Bertz CT molecular complexity index is 1080. The molecule has 126 valence electrons. The number of hydrogen-bond donors (Lipinski definition) is 0. The fraction of sp³-hybridized carbons (Fsp3) is 0.0870. The van der Waals surface area contributed by atoms with Crippen molar-refractivity contribution in [2.45, 2.75) is 12.6 Å². The molecule has 3 aromatic carbocycles. The molecule has 0 saturated heterocycles. The molecule has 1 aliphatic heterocycles. The normalized spacial score (nSPS) is 14.4. The molecule has 0 radical (unpaired) electrons. The maximum absolute atomic E-state index is 5.30. The van der Waals surface area contributed by atoms with Gasteiger partial charge >= 0.3 is 0 Å². The number of rotatable bonds is 3. The van der Waals surface area contributed by atoms with E-state index in [9.17, 15) is 0 Å². The lowest BCUT2D eigenvalue weighted by Gasteiger charge is -2.33. The van der Waals surface area contributed by atoms with Gasteiger partial charge in [0.05, 0.1) is 6.04 Å². The standard InChI is InChI=1S/C23H18N2O/c1-3-7-19-13-20(10-9-17(19)5-1)23(22-15-26-16-24-22)25-12-11-18-6-2-4-8-21(18)14-25/h1-13,15-16,23H,14H2. The van der Waals surface area contributed by atoms with E-state index in [1.54, 1.807) is 6.26 Å². The SMILES string of the molecule is C1=CN(C(c2ccc3ccccc3c2)c2cocn2)Cc2ccccc21. The molecule has 0 saturated carbocycles. The molecule has 5 rings (SSSR count). The van der Waals surface area contributed by atoms with Gasteiger partial charge in [0.2, 0.25) is 0 Å². The third kappa shape index (κ3) is 2.58. The van der Waals surface area contributed by atoms with Crippen molar-refractivity contribution in [1.82, 2.24) is 9.88 Å². The average molecular weight is 338 g/mol. The fourth-order valence-corrected chi connectivity index (χ4v) is 3.71. The second kappa shape index (κ2) is 6.19. The Balaban J connectivity index is 1.60. The van der Waals surface area contributed by atoms with Gasteiger partial charge in [-0.1, -0.05) is 60.7 Å². The molecule has 0 spiro atoms. The zero-order chi connectivity index (χ0) is 17.3. The molecule has 4 aromatic rings. The van der Waals surface area contributed by atoms with E-state index in [2.05, 4.69) is 88.9 Å². The lowest BCUT2D eigenvalue weighted by Crippen LogP contribution is -2.26. The number of aromatic nitrogens is 1. The van der Waals surface area contributed by atoms with Crippen LogP contribution in [0.15, 0.2) is 90.0 Å². The van der Waals surface area contributed by atoms with Gasteiger partial charge in [-0.3, -0.25) is 0 Å². The van der Waals surface area contributed by atoms with Gasteiger partial charge in [-0.15, -0.1) is 0 Å². The minimum atomic E-state index is 0.0166. The highest BCUT2D eigenvalue weighted by molar-refractivity contribution is 5.83. The molecule has 3 nitrogen and oxygen atoms in total. The van der Waals surface area contributed by atoms with Gasteiger partial charge in [0.1, 0.15) is 12.0 Å². The quantitative estimate of drug-likeness (QED) is 0.500. The first-order chi connectivity index (χ1) is 12.9. The molecule has 0 amide bonds. The van der Waals surface area contributed by atoms with Crippen molar-refractivity contribution in [2.24, 2.45) is 0 Å². The number of hydrogen-bond acceptors (Lipinski definition) is 3. The Morgan fingerprint density at radius 1 is 0.923 bits per heavy atom. The highest BCUT2D eigenvalue weighted by Crippen LogP contribution is 2.34. The van der Waals surface area contributed by atoms with Crippen molar-refractivity contribution in [2.75, 3.05) is 0 Å². The largest absolute Gasteiger partial charge is 0.451 e. The van der Waals surface area contributed by atoms with Crippen molar-refractivity contribution < 1.29 is 4.42 Å². The summed E-state index contributed by atoms with van der Waals surface area (Å²) in [5.74, 6) is 0. The van der Waals surface area contributed by atoms with Crippen LogP contribution in [0.1, 0.15) is 28.4 Å². The molecule has 1 unspecified atom stereocenters. The van der Waals surface area contributed by atoms with E-state index in [0.717, 1.165) is 12.2 Å². The first kappa shape index (κ1) is 15.0. The van der Waals surface area contributed by atoms with Crippen molar-refractivity contribution in [3.63, 3.8) is 0 Å². The van der Waals surface area contributed by atoms with Crippen LogP contribution in [-0.4, -0.2) is 9.88 Å². The summed E-state index contributed by atoms with van der Waals surface area (Å²) in [5, 5.41) is 2.48. The van der Waals surface area contributed by atoms with Crippen LogP contribution in [0, 0.1) is 0 Å². The Hall–Kier alpha value is -3.33. The Labute approximate surface area is 152 Å². The van der Waals surface area contributed by atoms with Crippen LogP contribution >= 0.6 is 0 Å². The maximum Gasteiger partial charge on any atom is 0.180 e. The Morgan fingerprint density at radius 2 is 1.77 bits per heavy atom. The molecular formula is C23H18N2O. The van der Waals surface area contributed by atoms with Crippen molar-refractivity contribution in [3.8, 4) is 0 Å².